The van der Waals surface area contributed by atoms with Crippen LogP contribution in [0.15, 0.2) is 35.7 Å². The SMILES string of the molecule is CNSNc1nc(C(=O)NCc2cc3ccccc3[nH]2)cs1. The number of benzene rings is 1. The fraction of sp³-hybridized carbons (Fsp3) is 0.143. The number of H-pyrrole nitrogens is 1. The molecule has 114 valence electrons. The summed E-state index contributed by atoms with van der Waals surface area (Å²) in [5.74, 6) is -0.183. The quantitative estimate of drug-likeness (QED) is 0.522. The molecule has 8 heteroatoms. The second-order valence-electron chi connectivity index (χ2n) is 4.51. The number of nitrogens with one attached hydrogen (secondary N) is 4. The molecule has 0 aliphatic rings. The maximum Gasteiger partial charge on any atom is 0.271 e. The van der Waals surface area contributed by atoms with Crippen LogP contribution in [0.5, 0.6) is 0 Å². The van der Waals surface area contributed by atoms with Gasteiger partial charge in [0.2, 0.25) is 0 Å². The Balaban J connectivity index is 1.60. The molecule has 0 aliphatic carbocycles. The fourth-order valence-corrected chi connectivity index (χ4v) is 3.10. The van der Waals surface area contributed by atoms with Gasteiger partial charge >= 0.3 is 0 Å². The summed E-state index contributed by atoms with van der Waals surface area (Å²) >= 11 is 2.70. The van der Waals surface area contributed by atoms with Crippen molar-refractivity contribution < 1.29 is 4.79 Å². The average molecular weight is 333 g/mol. The minimum atomic E-state index is -0.183. The number of carbonyl (C=O) groups excluding carboxylic acids is 1. The number of amides is 1. The van der Waals surface area contributed by atoms with Crippen molar-refractivity contribution in [3.05, 3.63) is 47.1 Å². The molecule has 3 aromatic rings. The summed E-state index contributed by atoms with van der Waals surface area (Å²) in [4.78, 5) is 19.6. The Bertz CT molecular complexity index is 749. The predicted octanol–water partition coefficient (Wildman–Crippen LogP) is 2.75. The zero-order chi connectivity index (χ0) is 15.4. The summed E-state index contributed by atoms with van der Waals surface area (Å²) in [7, 11) is 1.80. The van der Waals surface area contributed by atoms with E-state index in [0.29, 0.717) is 17.4 Å². The van der Waals surface area contributed by atoms with Crippen LogP contribution >= 0.6 is 23.5 Å². The number of hydrogen-bond acceptors (Lipinski definition) is 6. The van der Waals surface area contributed by atoms with Crippen LogP contribution in [0, 0.1) is 0 Å². The molecule has 0 atom stereocenters. The van der Waals surface area contributed by atoms with Crippen LogP contribution in [-0.2, 0) is 6.54 Å². The van der Waals surface area contributed by atoms with E-state index in [1.165, 1.54) is 23.5 Å². The second-order valence-corrected chi connectivity index (χ2v) is 6.19. The number of thiazole rings is 1. The molecule has 0 fully saturated rings. The van der Waals surface area contributed by atoms with Crippen LogP contribution in [0.1, 0.15) is 16.2 Å². The average Bonchev–Trinajstić information content (AvgIpc) is 3.16. The first-order chi connectivity index (χ1) is 10.8. The third kappa shape index (κ3) is 3.41. The molecule has 0 radical (unpaired) electrons. The van der Waals surface area contributed by atoms with E-state index in [9.17, 15) is 4.79 Å². The summed E-state index contributed by atoms with van der Waals surface area (Å²) < 4.78 is 5.87. The summed E-state index contributed by atoms with van der Waals surface area (Å²) in [6.07, 6.45) is 0. The second kappa shape index (κ2) is 6.82. The Morgan fingerprint density at radius 3 is 3.09 bits per heavy atom. The van der Waals surface area contributed by atoms with Gasteiger partial charge in [-0.1, -0.05) is 18.2 Å². The highest BCUT2D eigenvalue weighted by atomic mass is 32.2. The van der Waals surface area contributed by atoms with Crippen molar-refractivity contribution in [2.24, 2.45) is 0 Å². The lowest BCUT2D eigenvalue weighted by Gasteiger charge is -2.01. The number of nitrogens with zero attached hydrogens (tertiary/aromatic N) is 1. The van der Waals surface area contributed by atoms with Gasteiger partial charge in [0.25, 0.3) is 5.91 Å². The number of para-hydroxylation sites is 1. The van der Waals surface area contributed by atoms with Crippen LogP contribution in [0.4, 0.5) is 5.13 Å². The Labute approximate surface area is 136 Å². The van der Waals surface area contributed by atoms with Crippen LogP contribution in [-0.4, -0.2) is 22.9 Å². The first kappa shape index (κ1) is 14.9. The molecule has 2 heterocycles. The minimum absolute atomic E-state index is 0.183. The molecule has 22 heavy (non-hydrogen) atoms. The van der Waals surface area contributed by atoms with Gasteiger partial charge in [-0.15, -0.1) is 11.3 Å². The number of hydrogen-bond donors (Lipinski definition) is 4. The maximum atomic E-state index is 12.1. The largest absolute Gasteiger partial charge is 0.357 e. The van der Waals surface area contributed by atoms with Gasteiger partial charge in [0.05, 0.1) is 6.54 Å². The molecule has 0 spiro atoms. The van der Waals surface area contributed by atoms with Gasteiger partial charge in [-0.25, -0.2) is 9.71 Å². The Hall–Kier alpha value is -2.03. The molecule has 0 saturated carbocycles. The summed E-state index contributed by atoms with van der Waals surface area (Å²) in [6.45, 7) is 0.444. The summed E-state index contributed by atoms with van der Waals surface area (Å²) in [5, 5.41) is 6.43. The van der Waals surface area contributed by atoms with E-state index in [4.69, 9.17) is 0 Å². The number of anilines is 1. The molecule has 6 nitrogen and oxygen atoms in total. The number of rotatable bonds is 6. The lowest BCUT2D eigenvalue weighted by molar-refractivity contribution is 0.0946. The Kier molecular flexibility index (Phi) is 4.62. The first-order valence-corrected chi connectivity index (χ1v) is 8.35. The zero-order valence-corrected chi connectivity index (χ0v) is 13.5. The van der Waals surface area contributed by atoms with Crippen LogP contribution in [0.25, 0.3) is 10.9 Å². The number of fused-ring (bicyclic) bond motifs is 1. The molecule has 3 rings (SSSR count). The van der Waals surface area contributed by atoms with E-state index in [-0.39, 0.29) is 5.91 Å². The molecule has 0 aliphatic heterocycles. The van der Waals surface area contributed by atoms with Gasteiger partial charge in [0.15, 0.2) is 5.13 Å². The molecule has 4 N–H and O–H groups in total. The lowest BCUT2D eigenvalue weighted by Crippen LogP contribution is -2.23. The van der Waals surface area contributed by atoms with Crippen LogP contribution in [0.3, 0.4) is 0 Å². The lowest BCUT2D eigenvalue weighted by atomic mass is 10.2. The van der Waals surface area contributed by atoms with Crippen molar-refractivity contribution in [2.75, 3.05) is 11.8 Å². The molecule has 1 aromatic carbocycles. The smallest absolute Gasteiger partial charge is 0.271 e. The highest BCUT2D eigenvalue weighted by Gasteiger charge is 2.11. The molecule has 0 unspecified atom stereocenters. The number of aromatic nitrogens is 2. The van der Waals surface area contributed by atoms with E-state index in [0.717, 1.165) is 16.6 Å². The van der Waals surface area contributed by atoms with Crippen molar-refractivity contribution >= 4 is 45.4 Å². The van der Waals surface area contributed by atoms with E-state index in [2.05, 4.69) is 24.7 Å². The van der Waals surface area contributed by atoms with Crippen molar-refractivity contribution in [1.29, 1.82) is 0 Å². The maximum absolute atomic E-state index is 12.1. The van der Waals surface area contributed by atoms with E-state index < -0.39 is 0 Å². The molecular formula is C14H15N5OS2. The third-order valence-electron chi connectivity index (χ3n) is 3.00. The van der Waals surface area contributed by atoms with Gasteiger partial charge in [0.1, 0.15) is 5.69 Å². The molecular weight excluding hydrogens is 318 g/mol. The standard InChI is InChI=1S/C14H15N5OS2/c1-15-22-19-14-18-12(8-21-14)13(20)16-7-10-6-9-4-2-3-5-11(9)17-10/h2-6,8,15,17H,7H2,1H3,(H,16,20)(H,18,19). The molecule has 1 amide bonds. The van der Waals surface area contributed by atoms with Gasteiger partial charge in [-0.2, -0.15) is 0 Å². The Morgan fingerprint density at radius 2 is 2.27 bits per heavy atom. The van der Waals surface area contributed by atoms with Gasteiger partial charge in [-0.05, 0) is 24.6 Å². The topological polar surface area (TPSA) is 81.8 Å². The molecule has 0 saturated heterocycles. The van der Waals surface area contributed by atoms with Gasteiger partial charge in [0, 0.05) is 28.7 Å². The molecule has 2 aromatic heterocycles. The van der Waals surface area contributed by atoms with Crippen molar-refractivity contribution in [3.8, 4) is 0 Å². The van der Waals surface area contributed by atoms with Crippen LogP contribution < -0.4 is 14.8 Å². The molecule has 0 bridgehead atoms. The zero-order valence-electron chi connectivity index (χ0n) is 11.8. The fourth-order valence-electron chi connectivity index (χ4n) is 2.01. The summed E-state index contributed by atoms with van der Waals surface area (Å²) in [5.41, 5.74) is 2.45. The monoisotopic (exact) mass is 333 g/mol. The van der Waals surface area contributed by atoms with E-state index in [1.807, 2.05) is 30.3 Å². The number of carbonyl (C=O) groups is 1. The summed E-state index contributed by atoms with van der Waals surface area (Å²) in [6, 6.07) is 10.1. The van der Waals surface area contributed by atoms with Gasteiger partial charge in [-0.3, -0.25) is 9.52 Å². The first-order valence-electron chi connectivity index (χ1n) is 6.65. The normalized spacial score (nSPS) is 10.8. The highest BCUT2D eigenvalue weighted by Crippen LogP contribution is 2.18. The minimum Gasteiger partial charge on any atom is -0.357 e. The highest BCUT2D eigenvalue weighted by molar-refractivity contribution is 7.98. The van der Waals surface area contributed by atoms with Gasteiger partial charge < -0.3 is 10.3 Å². The van der Waals surface area contributed by atoms with E-state index in [1.54, 1.807) is 12.4 Å². The van der Waals surface area contributed by atoms with Crippen molar-refractivity contribution in [2.45, 2.75) is 6.54 Å². The predicted molar refractivity (Wildman–Crippen MR) is 91.9 cm³/mol. The Morgan fingerprint density at radius 1 is 1.41 bits per heavy atom. The van der Waals surface area contributed by atoms with Crippen LogP contribution in [0.2, 0.25) is 0 Å². The van der Waals surface area contributed by atoms with E-state index >= 15 is 0 Å². The van der Waals surface area contributed by atoms with Crippen molar-refractivity contribution in [3.63, 3.8) is 0 Å². The van der Waals surface area contributed by atoms with Crippen molar-refractivity contribution in [1.82, 2.24) is 20.0 Å². The number of aromatic amines is 1. The third-order valence-corrected chi connectivity index (χ3v) is 4.39.